The fourth-order valence-corrected chi connectivity index (χ4v) is 7.51. The van der Waals surface area contributed by atoms with Crippen LogP contribution in [0.25, 0.3) is 0 Å². The molecule has 0 saturated heterocycles. The molecule has 17 heavy (non-hydrogen) atoms. The molecule has 0 heterocycles. The Morgan fingerprint density at radius 1 is 0.824 bits per heavy atom. The van der Waals surface area contributed by atoms with Gasteiger partial charge in [-0.1, -0.05) is 38.5 Å². The zero-order valence-corrected chi connectivity index (χ0v) is 12.5. The van der Waals surface area contributed by atoms with Crippen LogP contribution < -0.4 is 0 Å². The summed E-state index contributed by atoms with van der Waals surface area (Å²) >= 11 is 0. The molecule has 2 aliphatic rings. The molecule has 0 N–H and O–H groups in total. The minimum atomic E-state index is -1.86. The molecule has 2 fully saturated rings. The fraction of sp³-hybridized carbons (Fsp3) is 1.00. The lowest BCUT2D eigenvalue weighted by molar-refractivity contribution is 0.155. The largest absolute Gasteiger partial charge is 0.394 e. The van der Waals surface area contributed by atoms with Crippen LogP contribution in [0.5, 0.6) is 0 Å². The lowest BCUT2D eigenvalue weighted by Crippen LogP contribution is -2.47. The molecule has 0 aromatic heterocycles. The van der Waals surface area contributed by atoms with Gasteiger partial charge in [-0.2, -0.15) is 0 Å². The maximum Gasteiger partial charge on any atom is 0.338 e. The first-order chi connectivity index (χ1) is 8.28. The fourth-order valence-electron chi connectivity index (χ4n) is 3.16. The minimum Gasteiger partial charge on any atom is -0.394 e. The smallest absolute Gasteiger partial charge is 0.338 e. The van der Waals surface area contributed by atoms with Crippen molar-refractivity contribution in [2.45, 2.75) is 64.5 Å². The normalized spacial score (nSPS) is 22.2. The second-order valence-corrected chi connectivity index (χ2v) is 8.99. The molecular weight excluding hydrogens is 228 g/mol. The number of rotatable bonds is 8. The summed E-state index contributed by atoms with van der Waals surface area (Å²) in [6, 6.07) is 2.54. The molecule has 0 bridgehead atoms. The third-order valence-corrected chi connectivity index (χ3v) is 8.49. The van der Waals surface area contributed by atoms with Crippen molar-refractivity contribution in [3.8, 4) is 0 Å². The maximum atomic E-state index is 6.20. The van der Waals surface area contributed by atoms with Gasteiger partial charge in [0.1, 0.15) is 0 Å². The molecule has 0 aromatic rings. The molecule has 2 rings (SSSR count). The van der Waals surface area contributed by atoms with Gasteiger partial charge in [-0.3, -0.25) is 0 Å². The van der Waals surface area contributed by atoms with E-state index in [4.69, 9.17) is 8.85 Å². The quantitative estimate of drug-likeness (QED) is 0.609. The summed E-state index contributed by atoms with van der Waals surface area (Å²) in [5, 5.41) is 0. The third kappa shape index (κ3) is 3.55. The highest BCUT2D eigenvalue weighted by Gasteiger charge is 2.43. The van der Waals surface area contributed by atoms with E-state index in [1.165, 1.54) is 50.6 Å². The van der Waals surface area contributed by atoms with Gasteiger partial charge in [-0.05, 0) is 37.8 Å². The Balaban J connectivity index is 1.93. The molecule has 2 nitrogen and oxygen atoms in total. The second kappa shape index (κ2) is 6.35. The van der Waals surface area contributed by atoms with Gasteiger partial charge in [-0.15, -0.1) is 0 Å². The summed E-state index contributed by atoms with van der Waals surface area (Å²) < 4.78 is 12.4. The van der Waals surface area contributed by atoms with Crippen LogP contribution in [0.15, 0.2) is 0 Å². The van der Waals surface area contributed by atoms with Crippen molar-refractivity contribution < 1.29 is 8.85 Å². The Morgan fingerprint density at radius 2 is 1.24 bits per heavy atom. The van der Waals surface area contributed by atoms with Gasteiger partial charge in [0.15, 0.2) is 0 Å². The van der Waals surface area contributed by atoms with Crippen LogP contribution in [-0.4, -0.2) is 21.8 Å². The van der Waals surface area contributed by atoms with Crippen molar-refractivity contribution in [2.24, 2.45) is 11.8 Å². The maximum absolute atomic E-state index is 6.20. The summed E-state index contributed by atoms with van der Waals surface area (Å²) in [4.78, 5) is 0. The Kier molecular flexibility index (Phi) is 5.06. The van der Waals surface area contributed by atoms with E-state index in [1.807, 2.05) is 0 Å². The van der Waals surface area contributed by atoms with Gasteiger partial charge < -0.3 is 8.85 Å². The summed E-state index contributed by atoms with van der Waals surface area (Å²) in [6.07, 6.45) is 8.52. The molecular formula is C14H28O2Si. The lowest BCUT2D eigenvalue weighted by Gasteiger charge is -2.40. The average Bonchev–Trinajstić information content (AvgIpc) is 2.19. The zero-order valence-electron chi connectivity index (χ0n) is 11.5. The van der Waals surface area contributed by atoms with Gasteiger partial charge >= 0.3 is 8.56 Å². The molecule has 0 unspecified atom stereocenters. The van der Waals surface area contributed by atoms with Crippen molar-refractivity contribution >= 4 is 8.56 Å². The first-order valence-electron chi connectivity index (χ1n) is 7.56. The Hall–Kier alpha value is 0.137. The number of hydrogen-bond acceptors (Lipinski definition) is 2. The van der Waals surface area contributed by atoms with Gasteiger partial charge in [0.2, 0.25) is 0 Å². The van der Waals surface area contributed by atoms with Gasteiger partial charge in [-0.25, -0.2) is 0 Å². The zero-order chi connectivity index (χ0) is 12.1. The van der Waals surface area contributed by atoms with Crippen LogP contribution in [0, 0.1) is 11.8 Å². The van der Waals surface area contributed by atoms with Crippen LogP contribution >= 0.6 is 0 Å². The average molecular weight is 256 g/mol. The van der Waals surface area contributed by atoms with E-state index in [-0.39, 0.29) is 0 Å². The molecule has 0 radical (unpaired) electrons. The summed E-state index contributed by atoms with van der Waals surface area (Å²) in [5.41, 5.74) is 0. The first-order valence-corrected chi connectivity index (χ1v) is 9.79. The summed E-state index contributed by atoms with van der Waals surface area (Å²) in [5.74, 6) is 1.83. The molecule has 2 aliphatic carbocycles. The van der Waals surface area contributed by atoms with E-state index in [0.717, 1.165) is 25.0 Å². The second-order valence-electron chi connectivity index (χ2n) is 5.78. The van der Waals surface area contributed by atoms with Crippen LogP contribution in [0.1, 0.15) is 52.4 Å². The molecule has 2 saturated carbocycles. The van der Waals surface area contributed by atoms with Gasteiger partial charge in [0, 0.05) is 13.2 Å². The van der Waals surface area contributed by atoms with Crippen LogP contribution in [0.4, 0.5) is 0 Å². The molecule has 0 aromatic carbocycles. The van der Waals surface area contributed by atoms with E-state index in [2.05, 4.69) is 13.8 Å². The Morgan fingerprint density at radius 3 is 1.47 bits per heavy atom. The highest BCUT2D eigenvalue weighted by atomic mass is 28.4. The van der Waals surface area contributed by atoms with Crippen molar-refractivity contribution in [1.29, 1.82) is 0 Å². The van der Waals surface area contributed by atoms with E-state index in [1.54, 1.807) is 0 Å². The first kappa shape index (κ1) is 13.6. The molecule has 3 heteroatoms. The topological polar surface area (TPSA) is 18.5 Å². The summed E-state index contributed by atoms with van der Waals surface area (Å²) in [6.45, 7) is 5.93. The van der Waals surface area contributed by atoms with Crippen LogP contribution in [-0.2, 0) is 8.85 Å². The van der Waals surface area contributed by atoms with E-state index in [9.17, 15) is 0 Å². The van der Waals surface area contributed by atoms with Crippen LogP contribution in [0.3, 0.4) is 0 Å². The van der Waals surface area contributed by atoms with E-state index in [0.29, 0.717) is 0 Å². The molecule has 0 atom stereocenters. The molecule has 0 spiro atoms. The van der Waals surface area contributed by atoms with Gasteiger partial charge in [0.25, 0.3) is 0 Å². The molecule has 0 aliphatic heterocycles. The molecule has 100 valence electrons. The third-order valence-electron chi connectivity index (χ3n) is 4.46. The Bertz CT molecular complexity index is 200. The van der Waals surface area contributed by atoms with E-state index < -0.39 is 8.56 Å². The predicted octanol–water partition coefficient (Wildman–Crippen LogP) is 4.10. The molecule has 0 amide bonds. The number of hydrogen-bond donors (Lipinski definition) is 0. The van der Waals surface area contributed by atoms with Crippen molar-refractivity contribution in [3.63, 3.8) is 0 Å². The lowest BCUT2D eigenvalue weighted by atomic mass is 9.87. The van der Waals surface area contributed by atoms with Crippen molar-refractivity contribution in [3.05, 3.63) is 0 Å². The highest BCUT2D eigenvalue weighted by Crippen LogP contribution is 2.41. The van der Waals surface area contributed by atoms with E-state index >= 15 is 0 Å². The predicted molar refractivity (Wildman–Crippen MR) is 73.3 cm³/mol. The van der Waals surface area contributed by atoms with Crippen molar-refractivity contribution in [1.82, 2.24) is 0 Å². The summed E-state index contributed by atoms with van der Waals surface area (Å²) in [7, 11) is -1.86. The standard InChI is InChI=1S/C14H28O2Si/c1-3-15-17(16-4-2,11-13-7-5-8-13)12-14-9-6-10-14/h13-14H,3-12H2,1-2H3. The monoisotopic (exact) mass is 256 g/mol. The van der Waals surface area contributed by atoms with Crippen molar-refractivity contribution in [2.75, 3.05) is 13.2 Å². The highest BCUT2D eigenvalue weighted by molar-refractivity contribution is 6.67. The SMILES string of the molecule is CCO[Si](CC1CCC1)(CC1CCC1)OCC. The minimum absolute atomic E-state index is 0.839. The van der Waals surface area contributed by atoms with Crippen LogP contribution in [0.2, 0.25) is 12.1 Å². The van der Waals surface area contributed by atoms with Gasteiger partial charge in [0.05, 0.1) is 0 Å². The Labute approximate surface area is 107 Å².